The Morgan fingerprint density at radius 3 is 2.36 bits per heavy atom. The molecule has 0 fully saturated rings. The van der Waals surface area contributed by atoms with Crippen LogP contribution in [0.1, 0.15) is 11.3 Å². The zero-order valence-corrected chi connectivity index (χ0v) is 14.7. The van der Waals surface area contributed by atoms with Gasteiger partial charge in [-0.1, -0.05) is 11.6 Å². The number of aromatic amines is 1. The molecular weight excluding hydrogens is 436 g/mol. The maximum Gasteiger partial charge on any atom is 0.437 e. The van der Waals surface area contributed by atoms with Crippen molar-refractivity contribution >= 4 is 23.1 Å². The van der Waals surface area contributed by atoms with Gasteiger partial charge < -0.3 is 9.72 Å². The number of nitrogens with one attached hydrogen (secondary N) is 1. The molecule has 0 saturated carbocycles. The quantitative estimate of drug-likeness (QED) is 0.554. The summed E-state index contributed by atoms with van der Waals surface area (Å²) in [6, 6.07) is 3.40. The minimum absolute atomic E-state index is 0.00926. The van der Waals surface area contributed by atoms with Crippen LogP contribution < -0.4 is 10.3 Å². The molecule has 0 bridgehead atoms. The van der Waals surface area contributed by atoms with E-state index in [-0.39, 0.29) is 5.69 Å². The standard InChI is InChI=1S/C15H6ClF6N3O2S/c16-8-2-1-6(5-7(8)14(17,18)19)27-10-11(15(20,21)22)23-12(24-13(10)26)9-3-4-28-25-9/h1-5H,(H,23,24,26). The lowest BCUT2D eigenvalue weighted by Gasteiger charge is -2.14. The Bertz CT molecular complexity index is 1060. The fourth-order valence-corrected chi connectivity index (χ4v) is 2.84. The second-order valence-corrected chi connectivity index (χ2v) is 6.29. The highest BCUT2D eigenvalue weighted by Gasteiger charge is 2.39. The zero-order valence-electron chi connectivity index (χ0n) is 13.2. The molecule has 1 N–H and O–H groups in total. The Morgan fingerprint density at radius 2 is 1.79 bits per heavy atom. The molecule has 2 heterocycles. The van der Waals surface area contributed by atoms with E-state index < -0.39 is 51.5 Å². The number of H-pyrrole nitrogens is 1. The normalized spacial score (nSPS) is 12.2. The lowest BCUT2D eigenvalue weighted by Crippen LogP contribution is -2.21. The second kappa shape index (κ2) is 7.09. The van der Waals surface area contributed by atoms with Crippen LogP contribution in [-0.4, -0.2) is 14.3 Å². The first kappa shape index (κ1) is 20.1. The molecule has 2 aromatic heterocycles. The van der Waals surface area contributed by atoms with Gasteiger partial charge in [0.15, 0.2) is 11.5 Å². The molecule has 3 rings (SSSR count). The minimum atomic E-state index is -5.12. The highest BCUT2D eigenvalue weighted by Crippen LogP contribution is 2.39. The van der Waals surface area contributed by atoms with Gasteiger partial charge in [-0.3, -0.25) is 4.79 Å². The SMILES string of the molecule is O=c1[nH]c(-c2ccsn2)nc(C(F)(F)F)c1Oc1ccc(Cl)c(C(F)(F)F)c1. The van der Waals surface area contributed by atoms with E-state index in [4.69, 9.17) is 16.3 Å². The van der Waals surface area contributed by atoms with Gasteiger partial charge in [0, 0.05) is 5.38 Å². The Balaban J connectivity index is 2.11. The number of halogens is 7. The number of aromatic nitrogens is 3. The highest BCUT2D eigenvalue weighted by atomic mass is 35.5. The molecule has 0 amide bonds. The molecule has 0 aliphatic carbocycles. The van der Waals surface area contributed by atoms with Crippen LogP contribution in [0.15, 0.2) is 34.4 Å². The fraction of sp³-hybridized carbons (Fsp3) is 0.133. The Labute approximate surface area is 160 Å². The predicted octanol–water partition coefficient (Wildman–Crippen LogP) is 5.38. The summed E-state index contributed by atoms with van der Waals surface area (Å²) in [7, 11) is 0. The number of hydrogen-bond donors (Lipinski definition) is 1. The number of benzene rings is 1. The summed E-state index contributed by atoms with van der Waals surface area (Å²) in [6.07, 6.45) is -9.99. The van der Waals surface area contributed by atoms with Crippen molar-refractivity contribution in [3.8, 4) is 23.0 Å². The lowest BCUT2D eigenvalue weighted by atomic mass is 10.2. The van der Waals surface area contributed by atoms with Gasteiger partial charge >= 0.3 is 12.4 Å². The van der Waals surface area contributed by atoms with Crippen LogP contribution in [0.25, 0.3) is 11.5 Å². The molecule has 0 aliphatic rings. The number of hydrogen-bond acceptors (Lipinski definition) is 5. The first-order chi connectivity index (χ1) is 13.0. The maximum atomic E-state index is 13.4. The van der Waals surface area contributed by atoms with Crippen LogP contribution in [0.3, 0.4) is 0 Å². The van der Waals surface area contributed by atoms with E-state index in [2.05, 4.69) is 14.3 Å². The molecule has 1 aromatic carbocycles. The van der Waals surface area contributed by atoms with Gasteiger partial charge in [-0.05, 0) is 35.8 Å². The Morgan fingerprint density at radius 1 is 1.07 bits per heavy atom. The van der Waals surface area contributed by atoms with Gasteiger partial charge in [-0.25, -0.2) is 4.98 Å². The Hall–Kier alpha value is -2.60. The predicted molar refractivity (Wildman–Crippen MR) is 87.5 cm³/mol. The number of ether oxygens (including phenoxy) is 1. The van der Waals surface area contributed by atoms with Crippen LogP contribution >= 0.6 is 23.1 Å². The summed E-state index contributed by atoms with van der Waals surface area (Å²) >= 11 is 6.38. The van der Waals surface area contributed by atoms with Gasteiger partial charge in [0.05, 0.1) is 10.6 Å². The van der Waals surface area contributed by atoms with Gasteiger partial charge in [0.25, 0.3) is 5.56 Å². The largest absolute Gasteiger partial charge is 0.449 e. The molecule has 0 aliphatic heterocycles. The molecule has 5 nitrogen and oxygen atoms in total. The number of nitrogens with zero attached hydrogens (tertiary/aromatic N) is 2. The minimum Gasteiger partial charge on any atom is -0.449 e. The third kappa shape index (κ3) is 4.12. The van der Waals surface area contributed by atoms with E-state index in [0.717, 1.165) is 23.7 Å². The summed E-state index contributed by atoms with van der Waals surface area (Å²) in [5.41, 5.74) is -4.38. The first-order valence-corrected chi connectivity index (χ1v) is 8.35. The van der Waals surface area contributed by atoms with E-state index in [1.165, 1.54) is 11.4 Å². The molecule has 0 saturated heterocycles. The summed E-state index contributed by atoms with van der Waals surface area (Å²) < 4.78 is 87.5. The van der Waals surface area contributed by atoms with Crippen LogP contribution in [0, 0.1) is 0 Å². The van der Waals surface area contributed by atoms with Crippen molar-refractivity contribution in [1.82, 2.24) is 14.3 Å². The van der Waals surface area contributed by atoms with E-state index in [1.54, 1.807) is 0 Å². The first-order valence-electron chi connectivity index (χ1n) is 7.13. The van der Waals surface area contributed by atoms with Crippen molar-refractivity contribution in [3.63, 3.8) is 0 Å². The number of rotatable bonds is 3. The molecule has 0 spiro atoms. The molecule has 148 valence electrons. The average molecular weight is 442 g/mol. The summed E-state index contributed by atoms with van der Waals surface area (Å²) in [5.74, 6) is -2.43. The van der Waals surface area contributed by atoms with Crippen molar-refractivity contribution in [1.29, 1.82) is 0 Å². The Kier molecular flexibility index (Phi) is 5.10. The second-order valence-electron chi connectivity index (χ2n) is 5.22. The third-order valence-electron chi connectivity index (χ3n) is 3.29. The smallest absolute Gasteiger partial charge is 0.437 e. The monoisotopic (exact) mass is 441 g/mol. The van der Waals surface area contributed by atoms with Gasteiger partial charge in [-0.2, -0.15) is 30.7 Å². The van der Waals surface area contributed by atoms with E-state index in [0.29, 0.717) is 6.07 Å². The van der Waals surface area contributed by atoms with Crippen LogP contribution in [0.5, 0.6) is 11.5 Å². The molecule has 0 radical (unpaired) electrons. The van der Waals surface area contributed by atoms with Crippen molar-refractivity contribution < 1.29 is 31.1 Å². The number of alkyl halides is 6. The average Bonchev–Trinajstić information content (AvgIpc) is 3.10. The maximum absolute atomic E-state index is 13.4. The molecule has 28 heavy (non-hydrogen) atoms. The molecule has 13 heteroatoms. The van der Waals surface area contributed by atoms with E-state index in [9.17, 15) is 31.1 Å². The van der Waals surface area contributed by atoms with Gasteiger partial charge in [-0.15, -0.1) is 0 Å². The van der Waals surface area contributed by atoms with Crippen LogP contribution in [0.2, 0.25) is 5.02 Å². The van der Waals surface area contributed by atoms with Crippen molar-refractivity contribution in [2.75, 3.05) is 0 Å². The van der Waals surface area contributed by atoms with E-state index >= 15 is 0 Å². The molecule has 0 atom stereocenters. The van der Waals surface area contributed by atoms with Crippen molar-refractivity contribution in [2.45, 2.75) is 12.4 Å². The molecule has 0 unspecified atom stereocenters. The van der Waals surface area contributed by atoms with E-state index in [1.807, 2.05) is 0 Å². The molecular formula is C15H6ClF6N3O2S. The van der Waals surface area contributed by atoms with Gasteiger partial charge in [0.1, 0.15) is 11.4 Å². The van der Waals surface area contributed by atoms with Gasteiger partial charge in [0.2, 0.25) is 5.75 Å². The summed E-state index contributed by atoms with van der Waals surface area (Å²) in [4.78, 5) is 17.6. The topological polar surface area (TPSA) is 67.9 Å². The summed E-state index contributed by atoms with van der Waals surface area (Å²) in [6.45, 7) is 0. The van der Waals surface area contributed by atoms with Crippen LogP contribution in [0.4, 0.5) is 26.3 Å². The van der Waals surface area contributed by atoms with Crippen molar-refractivity contribution in [2.24, 2.45) is 0 Å². The fourth-order valence-electron chi connectivity index (χ4n) is 2.11. The lowest BCUT2D eigenvalue weighted by molar-refractivity contribution is -0.142. The zero-order chi connectivity index (χ0) is 20.7. The van der Waals surface area contributed by atoms with Crippen molar-refractivity contribution in [3.05, 3.63) is 56.3 Å². The summed E-state index contributed by atoms with van der Waals surface area (Å²) in [5, 5.41) is 0.779. The third-order valence-corrected chi connectivity index (χ3v) is 4.18. The van der Waals surface area contributed by atoms with Crippen LogP contribution in [-0.2, 0) is 12.4 Å². The highest BCUT2D eigenvalue weighted by molar-refractivity contribution is 7.03. The molecule has 3 aromatic rings.